The summed E-state index contributed by atoms with van der Waals surface area (Å²) in [6.45, 7) is 1.53. The fraction of sp³-hybridized carbons (Fsp3) is 0.429. The first kappa shape index (κ1) is 19.8. The highest BCUT2D eigenvalue weighted by atomic mass is 19.4. The fourth-order valence-corrected chi connectivity index (χ4v) is 1.93. The number of hydrogen-bond acceptors (Lipinski definition) is 2. The first-order valence-electron chi connectivity index (χ1n) is 6.71. The molecule has 0 aromatic heterocycles. The summed E-state index contributed by atoms with van der Waals surface area (Å²) in [5.74, 6) is -1.76. The van der Waals surface area contributed by atoms with E-state index in [9.17, 15) is 35.9 Å². The topological polar surface area (TPSA) is 72.2 Å². The Labute approximate surface area is 133 Å². The zero-order valence-electron chi connectivity index (χ0n) is 12.4. The highest BCUT2D eigenvalue weighted by Gasteiger charge is 2.37. The molecule has 0 spiro atoms. The standard InChI is InChI=1S/C14H14F6N2O2/c1-2-10(12(21)24)22-11(23)5-7-3-8(13(15,16)17)6-9(4-7)14(18,19)20/h3-4,6,10H,2,5H2,1H3,(H2,21,24)(H,22,23)/t10-/m1/s1. The van der Waals surface area contributed by atoms with E-state index in [0.29, 0.717) is 12.1 Å². The maximum absolute atomic E-state index is 12.7. The molecular weight excluding hydrogens is 342 g/mol. The Bertz CT molecular complexity index is 592. The highest BCUT2D eigenvalue weighted by molar-refractivity contribution is 5.87. The quantitative estimate of drug-likeness (QED) is 0.796. The third-order valence-corrected chi connectivity index (χ3v) is 3.10. The van der Waals surface area contributed by atoms with E-state index >= 15 is 0 Å². The molecule has 2 amide bonds. The van der Waals surface area contributed by atoms with Crippen LogP contribution in [0.2, 0.25) is 0 Å². The van der Waals surface area contributed by atoms with Crippen LogP contribution in [0.25, 0.3) is 0 Å². The fourth-order valence-electron chi connectivity index (χ4n) is 1.93. The molecule has 0 bridgehead atoms. The van der Waals surface area contributed by atoms with Crippen LogP contribution in [0.5, 0.6) is 0 Å². The van der Waals surface area contributed by atoms with Gasteiger partial charge in [-0.15, -0.1) is 0 Å². The number of nitrogens with one attached hydrogen (secondary N) is 1. The van der Waals surface area contributed by atoms with E-state index in [0.717, 1.165) is 0 Å². The predicted octanol–water partition coefficient (Wildman–Crippen LogP) is 2.65. The van der Waals surface area contributed by atoms with Crippen LogP contribution < -0.4 is 11.1 Å². The van der Waals surface area contributed by atoms with Crippen LogP contribution in [0.1, 0.15) is 30.0 Å². The predicted molar refractivity (Wildman–Crippen MR) is 71.6 cm³/mol. The lowest BCUT2D eigenvalue weighted by Gasteiger charge is -2.16. The number of halogens is 6. The summed E-state index contributed by atoms with van der Waals surface area (Å²) >= 11 is 0. The largest absolute Gasteiger partial charge is 0.416 e. The van der Waals surface area contributed by atoms with Crippen LogP contribution in [0.4, 0.5) is 26.3 Å². The molecule has 1 aromatic carbocycles. The molecule has 1 aromatic rings. The lowest BCUT2D eigenvalue weighted by molar-refractivity contribution is -0.143. The molecule has 0 radical (unpaired) electrons. The Kier molecular flexibility index (Phi) is 5.85. The number of carbonyl (C=O) groups is 2. The molecule has 0 heterocycles. The summed E-state index contributed by atoms with van der Waals surface area (Å²) in [4.78, 5) is 22.7. The molecule has 0 aliphatic carbocycles. The van der Waals surface area contributed by atoms with Gasteiger partial charge in [0.1, 0.15) is 6.04 Å². The first-order chi connectivity index (χ1) is 10.8. The number of hydrogen-bond donors (Lipinski definition) is 2. The lowest BCUT2D eigenvalue weighted by Crippen LogP contribution is -2.44. The van der Waals surface area contributed by atoms with Gasteiger partial charge in [0.25, 0.3) is 0 Å². The SMILES string of the molecule is CC[C@@H](NC(=O)Cc1cc(C(F)(F)F)cc(C(F)(F)F)c1)C(N)=O. The average molecular weight is 356 g/mol. The summed E-state index contributed by atoms with van der Waals surface area (Å²) in [6.07, 6.45) is -10.6. The van der Waals surface area contributed by atoms with Gasteiger partial charge in [-0.1, -0.05) is 6.92 Å². The normalized spacial score (nSPS) is 13.5. The van der Waals surface area contributed by atoms with E-state index in [-0.39, 0.29) is 12.5 Å². The number of benzene rings is 1. The van der Waals surface area contributed by atoms with Crippen LogP contribution in [0.3, 0.4) is 0 Å². The van der Waals surface area contributed by atoms with Gasteiger partial charge < -0.3 is 11.1 Å². The maximum Gasteiger partial charge on any atom is 0.416 e. The van der Waals surface area contributed by atoms with Gasteiger partial charge in [0.2, 0.25) is 11.8 Å². The van der Waals surface area contributed by atoms with Gasteiger partial charge >= 0.3 is 12.4 Å². The summed E-state index contributed by atoms with van der Waals surface area (Å²) < 4.78 is 76.3. The highest BCUT2D eigenvalue weighted by Crippen LogP contribution is 2.36. The van der Waals surface area contributed by atoms with E-state index in [1.165, 1.54) is 6.92 Å². The van der Waals surface area contributed by atoms with Crippen molar-refractivity contribution >= 4 is 11.8 Å². The number of carbonyl (C=O) groups excluding carboxylic acids is 2. The van der Waals surface area contributed by atoms with Crippen molar-refractivity contribution in [2.24, 2.45) is 5.73 Å². The third-order valence-electron chi connectivity index (χ3n) is 3.10. The summed E-state index contributed by atoms with van der Waals surface area (Å²) in [7, 11) is 0. The Morgan fingerprint density at radius 2 is 1.50 bits per heavy atom. The smallest absolute Gasteiger partial charge is 0.368 e. The number of rotatable bonds is 5. The molecule has 24 heavy (non-hydrogen) atoms. The summed E-state index contributed by atoms with van der Waals surface area (Å²) in [6, 6.07) is -0.162. The molecule has 0 saturated carbocycles. The molecule has 1 atom stereocenters. The summed E-state index contributed by atoms with van der Waals surface area (Å²) in [5.41, 5.74) is 1.50. The molecule has 0 unspecified atom stereocenters. The van der Waals surface area contributed by atoms with Crippen LogP contribution in [0.15, 0.2) is 18.2 Å². The van der Waals surface area contributed by atoms with Crippen molar-refractivity contribution in [3.8, 4) is 0 Å². The summed E-state index contributed by atoms with van der Waals surface area (Å²) in [5, 5.41) is 2.16. The van der Waals surface area contributed by atoms with Gasteiger partial charge in [0, 0.05) is 0 Å². The molecule has 10 heteroatoms. The maximum atomic E-state index is 12.7. The second-order valence-corrected chi connectivity index (χ2v) is 5.02. The van der Waals surface area contributed by atoms with Crippen molar-refractivity contribution in [1.82, 2.24) is 5.32 Å². The van der Waals surface area contributed by atoms with Gasteiger partial charge in [0.05, 0.1) is 17.5 Å². The third kappa shape index (κ3) is 5.43. The first-order valence-corrected chi connectivity index (χ1v) is 6.71. The number of primary amides is 1. The molecule has 0 saturated heterocycles. The van der Waals surface area contributed by atoms with Crippen LogP contribution in [-0.2, 0) is 28.4 Å². The van der Waals surface area contributed by atoms with Gasteiger partial charge in [-0.05, 0) is 30.2 Å². The molecule has 1 rings (SSSR count). The number of amides is 2. The van der Waals surface area contributed by atoms with E-state index < -0.39 is 53.3 Å². The van der Waals surface area contributed by atoms with Crippen LogP contribution in [-0.4, -0.2) is 17.9 Å². The van der Waals surface area contributed by atoms with Gasteiger partial charge in [-0.25, -0.2) is 0 Å². The Hall–Kier alpha value is -2.26. The van der Waals surface area contributed by atoms with E-state index in [4.69, 9.17) is 5.73 Å². The van der Waals surface area contributed by atoms with Gasteiger partial charge in [-0.3, -0.25) is 9.59 Å². The average Bonchev–Trinajstić information content (AvgIpc) is 2.42. The van der Waals surface area contributed by atoms with Crippen molar-refractivity contribution in [3.05, 3.63) is 34.9 Å². The molecule has 3 N–H and O–H groups in total. The Balaban J connectivity index is 3.10. The number of alkyl halides is 6. The monoisotopic (exact) mass is 356 g/mol. The Morgan fingerprint density at radius 3 is 1.83 bits per heavy atom. The minimum absolute atomic E-state index is 0.0281. The molecule has 4 nitrogen and oxygen atoms in total. The van der Waals surface area contributed by atoms with Gasteiger partial charge in [-0.2, -0.15) is 26.3 Å². The van der Waals surface area contributed by atoms with Crippen LogP contribution in [0, 0.1) is 0 Å². The minimum Gasteiger partial charge on any atom is -0.368 e. The van der Waals surface area contributed by atoms with Crippen LogP contribution >= 0.6 is 0 Å². The molecule has 134 valence electrons. The van der Waals surface area contributed by atoms with E-state index in [1.807, 2.05) is 0 Å². The molecule has 0 aliphatic rings. The van der Waals surface area contributed by atoms with E-state index in [1.54, 1.807) is 0 Å². The zero-order valence-corrected chi connectivity index (χ0v) is 12.4. The van der Waals surface area contributed by atoms with Crippen molar-refractivity contribution in [2.75, 3.05) is 0 Å². The van der Waals surface area contributed by atoms with E-state index in [2.05, 4.69) is 5.32 Å². The van der Waals surface area contributed by atoms with Gasteiger partial charge in [0.15, 0.2) is 0 Å². The van der Waals surface area contributed by atoms with Crippen molar-refractivity contribution in [3.63, 3.8) is 0 Å². The zero-order chi connectivity index (χ0) is 18.7. The lowest BCUT2D eigenvalue weighted by atomic mass is 10.0. The molecular formula is C14H14F6N2O2. The molecule has 0 aliphatic heterocycles. The Morgan fingerprint density at radius 1 is 1.04 bits per heavy atom. The minimum atomic E-state index is -4.99. The number of nitrogens with two attached hydrogens (primary N) is 1. The van der Waals surface area contributed by atoms with Crippen molar-refractivity contribution in [2.45, 2.75) is 38.2 Å². The second-order valence-electron chi connectivity index (χ2n) is 5.02. The van der Waals surface area contributed by atoms with Crippen molar-refractivity contribution < 1.29 is 35.9 Å². The second kappa shape index (κ2) is 7.10. The van der Waals surface area contributed by atoms with Crippen molar-refractivity contribution in [1.29, 1.82) is 0 Å². The molecule has 0 fully saturated rings.